The van der Waals surface area contributed by atoms with Crippen molar-refractivity contribution >= 4 is 27.5 Å². The Morgan fingerprint density at radius 1 is 1.17 bits per heavy atom. The van der Waals surface area contributed by atoms with Crippen LogP contribution in [0.1, 0.15) is 28.2 Å². The molecular formula is C19H19BrClNO2. The number of phenols is 1. The number of phenolic OH excluding ortho intramolecular Hbond substituents is 1. The van der Waals surface area contributed by atoms with Gasteiger partial charge in [0.25, 0.3) is 0 Å². The quantitative estimate of drug-likeness (QED) is 0.762. The SMILES string of the molecule is [11CH3]N1CCc2cc(Cl)c(O)cc2[C@@H](c2cc(Br)cc3c2OCC3)C1. The van der Waals surface area contributed by atoms with E-state index in [0.717, 1.165) is 48.3 Å². The summed E-state index contributed by atoms with van der Waals surface area (Å²) in [5, 5.41) is 10.6. The monoisotopic (exact) mass is 406 g/mol. The van der Waals surface area contributed by atoms with Crippen LogP contribution in [-0.2, 0) is 12.8 Å². The molecule has 24 heavy (non-hydrogen) atoms. The Morgan fingerprint density at radius 3 is 2.83 bits per heavy atom. The van der Waals surface area contributed by atoms with E-state index in [0.29, 0.717) is 5.02 Å². The molecule has 2 aliphatic rings. The minimum atomic E-state index is 0.150. The van der Waals surface area contributed by atoms with Gasteiger partial charge in [0.2, 0.25) is 0 Å². The molecule has 0 radical (unpaired) electrons. The van der Waals surface area contributed by atoms with E-state index < -0.39 is 0 Å². The summed E-state index contributed by atoms with van der Waals surface area (Å²) in [7, 11) is 2.14. The van der Waals surface area contributed by atoms with E-state index in [9.17, 15) is 5.11 Å². The molecular weight excluding hydrogens is 389 g/mol. The molecule has 3 nitrogen and oxygen atoms in total. The van der Waals surface area contributed by atoms with Crippen LogP contribution in [0.15, 0.2) is 28.7 Å². The molecule has 0 saturated carbocycles. The summed E-state index contributed by atoms with van der Waals surface area (Å²) < 4.78 is 7.03. The highest BCUT2D eigenvalue weighted by Gasteiger charge is 2.29. The third kappa shape index (κ3) is 2.81. The topological polar surface area (TPSA) is 32.7 Å². The van der Waals surface area contributed by atoms with Gasteiger partial charge in [-0.15, -0.1) is 0 Å². The van der Waals surface area contributed by atoms with Gasteiger partial charge in [-0.3, -0.25) is 0 Å². The third-order valence-electron chi connectivity index (χ3n) is 4.99. The zero-order valence-corrected chi connectivity index (χ0v) is 15.8. The Hall–Kier alpha value is -1.23. The Kier molecular flexibility index (Phi) is 4.23. The maximum atomic E-state index is 10.2. The van der Waals surface area contributed by atoms with E-state index in [4.69, 9.17) is 16.3 Å². The van der Waals surface area contributed by atoms with Gasteiger partial charge in [-0.2, -0.15) is 0 Å². The van der Waals surface area contributed by atoms with Gasteiger partial charge in [-0.05, 0) is 54.4 Å². The van der Waals surface area contributed by atoms with Crippen molar-refractivity contribution in [1.82, 2.24) is 4.90 Å². The normalized spacial score (nSPS) is 20.2. The lowest BCUT2D eigenvalue weighted by Crippen LogP contribution is -2.24. The number of likely N-dealkylation sites (N-methyl/N-ethyl adjacent to an activating group) is 1. The molecule has 1 atom stereocenters. The second-order valence-corrected chi connectivity index (χ2v) is 7.97. The van der Waals surface area contributed by atoms with Gasteiger partial charge in [-0.1, -0.05) is 27.5 Å². The minimum Gasteiger partial charge on any atom is -0.506 e. The van der Waals surface area contributed by atoms with Crippen LogP contribution >= 0.6 is 27.5 Å². The smallest absolute Gasteiger partial charge is 0.134 e. The van der Waals surface area contributed by atoms with Crippen LogP contribution in [0.25, 0.3) is 0 Å². The number of rotatable bonds is 1. The summed E-state index contributed by atoms with van der Waals surface area (Å²) in [5.41, 5.74) is 4.80. The molecule has 0 bridgehead atoms. The van der Waals surface area contributed by atoms with Gasteiger partial charge in [0.1, 0.15) is 11.5 Å². The van der Waals surface area contributed by atoms with E-state index in [1.165, 1.54) is 16.7 Å². The summed E-state index contributed by atoms with van der Waals surface area (Å²) in [4.78, 5) is 2.33. The summed E-state index contributed by atoms with van der Waals surface area (Å²) in [6, 6.07) is 8.05. The number of benzene rings is 2. The lowest BCUT2D eigenvalue weighted by molar-refractivity contribution is 0.326. The zero-order valence-electron chi connectivity index (χ0n) is 13.5. The lowest BCUT2D eigenvalue weighted by Gasteiger charge is -2.24. The molecule has 0 unspecified atom stereocenters. The van der Waals surface area contributed by atoms with Crippen LogP contribution in [0.4, 0.5) is 0 Å². The second kappa shape index (κ2) is 6.25. The summed E-state index contributed by atoms with van der Waals surface area (Å²) >= 11 is 9.80. The first-order valence-corrected chi connectivity index (χ1v) is 9.35. The largest absolute Gasteiger partial charge is 0.506 e. The second-order valence-electron chi connectivity index (χ2n) is 6.65. The van der Waals surface area contributed by atoms with Gasteiger partial charge in [0.05, 0.1) is 11.6 Å². The number of nitrogens with zero attached hydrogens (tertiary/aromatic N) is 1. The Morgan fingerprint density at radius 2 is 2.00 bits per heavy atom. The maximum Gasteiger partial charge on any atom is 0.134 e. The van der Waals surface area contributed by atoms with Gasteiger partial charge in [0.15, 0.2) is 0 Å². The Balaban J connectivity index is 1.91. The van der Waals surface area contributed by atoms with Crippen molar-refractivity contribution in [3.8, 4) is 11.5 Å². The first-order valence-electron chi connectivity index (χ1n) is 8.18. The van der Waals surface area contributed by atoms with Crippen molar-refractivity contribution in [2.45, 2.75) is 18.8 Å². The molecule has 0 aromatic heterocycles. The number of ether oxygens (including phenoxy) is 1. The van der Waals surface area contributed by atoms with Gasteiger partial charge >= 0.3 is 0 Å². The van der Waals surface area contributed by atoms with Crippen molar-refractivity contribution in [2.24, 2.45) is 0 Å². The van der Waals surface area contributed by atoms with E-state index in [-0.39, 0.29) is 11.7 Å². The molecule has 0 fully saturated rings. The average molecular weight is 408 g/mol. The number of hydrogen-bond acceptors (Lipinski definition) is 3. The van der Waals surface area contributed by atoms with Crippen LogP contribution in [0.5, 0.6) is 11.5 Å². The van der Waals surface area contributed by atoms with Crippen molar-refractivity contribution < 1.29 is 9.84 Å². The molecule has 2 heterocycles. The molecule has 0 aliphatic carbocycles. The Labute approximate surface area is 155 Å². The number of halogens is 2. The molecule has 4 rings (SSSR count). The minimum absolute atomic E-state index is 0.150. The van der Waals surface area contributed by atoms with Crippen molar-refractivity contribution in [3.63, 3.8) is 0 Å². The van der Waals surface area contributed by atoms with Crippen LogP contribution in [0.3, 0.4) is 0 Å². The highest BCUT2D eigenvalue weighted by Crippen LogP contribution is 2.43. The van der Waals surface area contributed by atoms with E-state index in [1.54, 1.807) is 0 Å². The fourth-order valence-corrected chi connectivity index (χ4v) is 4.50. The van der Waals surface area contributed by atoms with Gasteiger partial charge in [0, 0.05) is 35.5 Å². The fraction of sp³-hybridized carbons (Fsp3) is 0.368. The maximum absolute atomic E-state index is 10.2. The number of hydrogen-bond donors (Lipinski definition) is 1. The molecule has 0 spiro atoms. The average Bonchev–Trinajstić information content (AvgIpc) is 2.95. The fourth-order valence-electron chi connectivity index (χ4n) is 3.80. The highest BCUT2D eigenvalue weighted by molar-refractivity contribution is 9.10. The highest BCUT2D eigenvalue weighted by atomic mass is 79.9. The van der Waals surface area contributed by atoms with Crippen molar-refractivity contribution in [3.05, 3.63) is 56.0 Å². The number of aromatic hydroxyl groups is 1. The van der Waals surface area contributed by atoms with Crippen LogP contribution in [-0.4, -0.2) is 36.8 Å². The predicted molar refractivity (Wildman–Crippen MR) is 99.5 cm³/mol. The zero-order chi connectivity index (χ0) is 16.8. The van der Waals surface area contributed by atoms with Gasteiger partial charge in [-0.25, -0.2) is 0 Å². The first-order chi connectivity index (χ1) is 11.5. The molecule has 126 valence electrons. The molecule has 5 heteroatoms. The molecule has 2 aromatic carbocycles. The van der Waals surface area contributed by atoms with Crippen LogP contribution in [0.2, 0.25) is 5.02 Å². The summed E-state index contributed by atoms with van der Waals surface area (Å²) in [6.07, 6.45) is 1.88. The van der Waals surface area contributed by atoms with Crippen molar-refractivity contribution in [2.75, 3.05) is 26.7 Å². The lowest BCUT2D eigenvalue weighted by atomic mass is 9.86. The third-order valence-corrected chi connectivity index (χ3v) is 5.75. The number of fused-ring (bicyclic) bond motifs is 2. The standard InChI is InChI=1S/C19H19BrClNO2/c1-22-4-2-11-7-17(21)18(23)9-14(11)16(10-22)15-8-13(20)6-12-3-5-24-19(12)15/h6-9,16,23H,2-5,10H2,1H3/t16-/m0/s1/i1-1. The molecule has 0 amide bonds. The molecule has 2 aliphatic heterocycles. The van der Waals surface area contributed by atoms with Crippen LogP contribution in [0, 0.1) is 0 Å². The summed E-state index contributed by atoms with van der Waals surface area (Å²) in [6.45, 7) is 2.60. The predicted octanol–water partition coefficient (Wildman–Crippen LogP) is 4.36. The first kappa shape index (κ1) is 16.2. The molecule has 0 saturated heterocycles. The Bertz CT molecular complexity index is 808. The molecule has 1 N–H and O–H groups in total. The summed E-state index contributed by atoms with van der Waals surface area (Å²) in [5.74, 6) is 1.32. The van der Waals surface area contributed by atoms with Crippen molar-refractivity contribution in [1.29, 1.82) is 0 Å². The van der Waals surface area contributed by atoms with E-state index in [2.05, 4.69) is 40.0 Å². The molecule has 2 aromatic rings. The van der Waals surface area contributed by atoms with E-state index >= 15 is 0 Å². The van der Waals surface area contributed by atoms with Crippen LogP contribution < -0.4 is 4.74 Å². The van der Waals surface area contributed by atoms with Gasteiger partial charge < -0.3 is 14.7 Å². The van der Waals surface area contributed by atoms with E-state index in [1.807, 2.05) is 12.1 Å².